The SMILES string of the molecule is C1=CC(C2(c3ccccc3)c3ccccc3-c3ccc(N(c4ccccc4)c4ccc(-c5ccc(-c6cc(-c7ccccc7)ccc6-c6ccccc6)cc5)cc4)cc32)=CCC1. The lowest BCUT2D eigenvalue weighted by molar-refractivity contribution is 0.751. The van der Waals surface area contributed by atoms with Crippen molar-refractivity contribution in [2.24, 2.45) is 0 Å². The molecular weight excluding hydrogens is 747 g/mol. The van der Waals surface area contributed by atoms with E-state index >= 15 is 0 Å². The van der Waals surface area contributed by atoms with Gasteiger partial charge in [0.25, 0.3) is 0 Å². The highest BCUT2D eigenvalue weighted by Crippen LogP contribution is 2.58. The van der Waals surface area contributed by atoms with Gasteiger partial charge in [-0.05, 0) is 133 Å². The lowest BCUT2D eigenvalue weighted by Crippen LogP contribution is -2.29. The van der Waals surface area contributed by atoms with Gasteiger partial charge in [-0.25, -0.2) is 0 Å². The van der Waals surface area contributed by atoms with E-state index in [4.69, 9.17) is 0 Å². The Labute approximate surface area is 365 Å². The second kappa shape index (κ2) is 16.0. The van der Waals surface area contributed by atoms with Crippen LogP contribution in [0.2, 0.25) is 0 Å². The zero-order chi connectivity index (χ0) is 41.3. The Hall–Kier alpha value is -7.74. The predicted octanol–water partition coefficient (Wildman–Crippen LogP) is 16.4. The van der Waals surface area contributed by atoms with E-state index in [1.165, 1.54) is 77.9 Å². The Morgan fingerprint density at radius 2 is 0.823 bits per heavy atom. The Morgan fingerprint density at radius 3 is 1.52 bits per heavy atom. The van der Waals surface area contributed by atoms with Gasteiger partial charge in [0.1, 0.15) is 0 Å². The van der Waals surface area contributed by atoms with E-state index in [0.717, 1.165) is 29.9 Å². The number of benzene rings is 9. The van der Waals surface area contributed by atoms with Crippen molar-refractivity contribution in [2.45, 2.75) is 18.3 Å². The smallest absolute Gasteiger partial charge is 0.0711 e. The molecule has 0 aliphatic heterocycles. The van der Waals surface area contributed by atoms with Gasteiger partial charge in [-0.3, -0.25) is 0 Å². The van der Waals surface area contributed by atoms with Crippen molar-refractivity contribution >= 4 is 17.1 Å². The maximum atomic E-state index is 2.47. The number of hydrogen-bond donors (Lipinski definition) is 0. The van der Waals surface area contributed by atoms with E-state index in [9.17, 15) is 0 Å². The standard InChI is InChI=1S/C61H45N/c1-6-18-44(19-7-1)49-36-40-55(47-20-8-2-9-21-47)58(42-49)48-32-30-45(31-33-48)46-34-37-53(38-35-46)62(52-26-14-5-15-27-52)54-39-41-57-56-28-16-17-29-59(56)61(60(57)43-54,50-22-10-3-11-23-50)51-24-12-4-13-25-51/h1-3,5-12,14-43H,4,13H2. The Bertz CT molecular complexity index is 3070. The van der Waals surface area contributed by atoms with Gasteiger partial charge in [-0.2, -0.15) is 0 Å². The molecule has 62 heavy (non-hydrogen) atoms. The fourth-order valence-corrected chi connectivity index (χ4v) is 9.91. The quantitative estimate of drug-likeness (QED) is 0.141. The molecule has 2 aliphatic rings. The summed E-state index contributed by atoms with van der Waals surface area (Å²) in [5, 5.41) is 0. The van der Waals surface area contributed by atoms with Crippen molar-refractivity contribution in [3.8, 4) is 55.6 Å². The summed E-state index contributed by atoms with van der Waals surface area (Å²) in [5.74, 6) is 0. The van der Waals surface area contributed by atoms with E-state index in [0.29, 0.717) is 0 Å². The fraction of sp³-hybridized carbons (Fsp3) is 0.0492. The number of hydrogen-bond acceptors (Lipinski definition) is 1. The average molecular weight is 792 g/mol. The molecule has 0 aromatic heterocycles. The summed E-state index contributed by atoms with van der Waals surface area (Å²) >= 11 is 0. The second-order valence-electron chi connectivity index (χ2n) is 16.3. The number of para-hydroxylation sites is 1. The van der Waals surface area contributed by atoms with E-state index in [-0.39, 0.29) is 0 Å². The number of fused-ring (bicyclic) bond motifs is 3. The summed E-state index contributed by atoms with van der Waals surface area (Å²) in [6, 6.07) is 84.4. The van der Waals surface area contributed by atoms with Gasteiger partial charge in [0, 0.05) is 17.1 Å². The molecule has 1 nitrogen and oxygen atoms in total. The molecule has 9 aromatic carbocycles. The Balaban J connectivity index is 0.981. The summed E-state index contributed by atoms with van der Waals surface area (Å²) in [5.41, 5.74) is 20.5. The monoisotopic (exact) mass is 791 g/mol. The van der Waals surface area contributed by atoms with E-state index < -0.39 is 5.41 Å². The van der Waals surface area contributed by atoms with Crippen LogP contribution in [0.25, 0.3) is 55.6 Å². The fourth-order valence-electron chi connectivity index (χ4n) is 9.91. The number of allylic oxidation sites excluding steroid dienone is 4. The normalized spacial score (nSPS) is 15.1. The topological polar surface area (TPSA) is 3.24 Å². The van der Waals surface area contributed by atoms with Gasteiger partial charge in [-0.1, -0.05) is 206 Å². The Kier molecular flexibility index (Phi) is 9.64. The first kappa shape index (κ1) is 37.3. The molecule has 0 bridgehead atoms. The molecule has 9 aromatic rings. The third-order valence-electron chi connectivity index (χ3n) is 12.8. The molecule has 1 heteroatoms. The molecule has 0 N–H and O–H groups in total. The predicted molar refractivity (Wildman–Crippen MR) is 261 cm³/mol. The number of anilines is 3. The number of rotatable bonds is 9. The minimum Gasteiger partial charge on any atom is -0.310 e. The van der Waals surface area contributed by atoms with E-state index in [1.807, 2.05) is 0 Å². The molecule has 1 unspecified atom stereocenters. The summed E-state index contributed by atoms with van der Waals surface area (Å²) in [6.45, 7) is 0. The lowest BCUT2D eigenvalue weighted by Gasteiger charge is -2.36. The average Bonchev–Trinajstić information content (AvgIpc) is 3.66. The zero-order valence-electron chi connectivity index (χ0n) is 34.5. The van der Waals surface area contributed by atoms with Crippen molar-refractivity contribution < 1.29 is 0 Å². The van der Waals surface area contributed by atoms with E-state index in [1.54, 1.807) is 0 Å². The van der Waals surface area contributed by atoms with Crippen molar-refractivity contribution in [1.29, 1.82) is 0 Å². The van der Waals surface area contributed by atoms with Gasteiger partial charge >= 0.3 is 0 Å². The molecule has 0 amide bonds. The van der Waals surface area contributed by atoms with Crippen LogP contribution in [-0.2, 0) is 5.41 Å². The molecule has 1 atom stereocenters. The first-order valence-electron chi connectivity index (χ1n) is 21.7. The van der Waals surface area contributed by atoms with Crippen LogP contribution >= 0.6 is 0 Å². The molecule has 0 saturated heterocycles. The first-order valence-corrected chi connectivity index (χ1v) is 21.7. The number of nitrogens with zero attached hydrogens (tertiary/aromatic N) is 1. The van der Waals surface area contributed by atoms with Crippen molar-refractivity contribution in [3.05, 3.63) is 271 Å². The van der Waals surface area contributed by atoms with Crippen LogP contribution in [0.4, 0.5) is 17.1 Å². The van der Waals surface area contributed by atoms with Crippen LogP contribution in [0.5, 0.6) is 0 Å². The third kappa shape index (κ3) is 6.51. The van der Waals surface area contributed by atoms with Crippen LogP contribution in [0.3, 0.4) is 0 Å². The highest BCUT2D eigenvalue weighted by molar-refractivity contribution is 5.91. The van der Waals surface area contributed by atoms with Crippen LogP contribution in [-0.4, -0.2) is 0 Å². The zero-order valence-corrected chi connectivity index (χ0v) is 34.5. The van der Waals surface area contributed by atoms with Gasteiger partial charge in [-0.15, -0.1) is 0 Å². The molecule has 11 rings (SSSR count). The summed E-state index contributed by atoms with van der Waals surface area (Å²) in [7, 11) is 0. The van der Waals surface area contributed by atoms with Crippen molar-refractivity contribution in [3.63, 3.8) is 0 Å². The second-order valence-corrected chi connectivity index (χ2v) is 16.3. The molecule has 0 fully saturated rings. The molecule has 0 saturated carbocycles. The van der Waals surface area contributed by atoms with Crippen LogP contribution in [0, 0.1) is 0 Å². The first-order chi connectivity index (χ1) is 30.8. The van der Waals surface area contributed by atoms with Gasteiger partial charge in [0.05, 0.1) is 5.41 Å². The highest BCUT2D eigenvalue weighted by atomic mass is 15.1. The van der Waals surface area contributed by atoms with Crippen molar-refractivity contribution in [2.75, 3.05) is 4.90 Å². The van der Waals surface area contributed by atoms with Crippen molar-refractivity contribution in [1.82, 2.24) is 0 Å². The third-order valence-corrected chi connectivity index (χ3v) is 12.8. The lowest BCUT2D eigenvalue weighted by atomic mass is 9.66. The summed E-state index contributed by atoms with van der Waals surface area (Å²) < 4.78 is 0. The van der Waals surface area contributed by atoms with Gasteiger partial charge in [0.15, 0.2) is 0 Å². The highest BCUT2D eigenvalue weighted by Gasteiger charge is 2.47. The maximum absolute atomic E-state index is 2.47. The van der Waals surface area contributed by atoms with Gasteiger partial charge < -0.3 is 4.90 Å². The molecule has 2 aliphatic carbocycles. The summed E-state index contributed by atoms with van der Waals surface area (Å²) in [4.78, 5) is 2.40. The molecule has 0 heterocycles. The minimum atomic E-state index is -0.427. The van der Waals surface area contributed by atoms with Crippen LogP contribution in [0.15, 0.2) is 254 Å². The van der Waals surface area contributed by atoms with Crippen LogP contribution in [0.1, 0.15) is 29.5 Å². The van der Waals surface area contributed by atoms with Crippen LogP contribution < -0.4 is 4.90 Å². The minimum absolute atomic E-state index is 0.427. The molecule has 0 radical (unpaired) electrons. The molecule has 0 spiro atoms. The molecular formula is C61H45N. The Morgan fingerprint density at radius 1 is 0.323 bits per heavy atom. The largest absolute Gasteiger partial charge is 0.310 e. The molecule has 294 valence electrons. The summed E-state index contributed by atoms with van der Waals surface area (Å²) in [6.07, 6.45) is 9.30. The maximum Gasteiger partial charge on any atom is 0.0711 e. The van der Waals surface area contributed by atoms with E-state index in [2.05, 4.69) is 254 Å². The van der Waals surface area contributed by atoms with Gasteiger partial charge in [0.2, 0.25) is 0 Å².